The van der Waals surface area contributed by atoms with Gasteiger partial charge in [-0.2, -0.15) is 13.2 Å². The monoisotopic (exact) mass is 328 g/mol. The Hall–Kier alpha value is 0.231. The van der Waals surface area contributed by atoms with Crippen LogP contribution in [0, 0.1) is 5.82 Å². The molecule has 1 nitrogen and oxygen atoms in total. The smallest absolute Gasteiger partial charge is 0.497 e. The van der Waals surface area contributed by atoms with E-state index in [-0.39, 0.29) is 57.5 Å². The van der Waals surface area contributed by atoms with Crippen molar-refractivity contribution in [3.8, 4) is 5.75 Å². The number of halogens is 7. The Morgan fingerprint density at radius 3 is 2.20 bits per heavy atom. The Kier molecular flexibility index (Phi) is 8.11. The number of hydrogen-bond donors (Lipinski definition) is 0. The molecule has 0 N–H and O–H groups in total. The van der Waals surface area contributed by atoms with E-state index in [1.807, 2.05) is 0 Å². The van der Waals surface area contributed by atoms with E-state index < -0.39 is 49.6 Å². The van der Waals surface area contributed by atoms with Gasteiger partial charge in [0.15, 0.2) is 0 Å². The Morgan fingerprint density at radius 1 is 1.10 bits per heavy atom. The van der Waals surface area contributed by atoms with Crippen LogP contribution in [0.1, 0.15) is 12.8 Å². The summed E-state index contributed by atoms with van der Waals surface area (Å²) in [6.45, 7) is -6.01. The van der Waals surface area contributed by atoms with Crippen LogP contribution >= 0.6 is 0 Å². The van der Waals surface area contributed by atoms with Crippen LogP contribution in [0.5, 0.6) is 5.75 Å². The molecule has 108 valence electrons. The summed E-state index contributed by atoms with van der Waals surface area (Å²) >= 11 is 0. The minimum atomic E-state index is -5.49. The molecule has 1 aromatic rings. The second-order valence-electron chi connectivity index (χ2n) is 3.82. The van der Waals surface area contributed by atoms with Crippen LogP contribution in [-0.2, 0) is 0 Å². The molecule has 0 atom stereocenters. The van der Waals surface area contributed by atoms with Gasteiger partial charge in [-0.3, -0.25) is 0 Å². The van der Waals surface area contributed by atoms with Crippen LogP contribution in [0.3, 0.4) is 0 Å². The number of hydrogen-bond acceptors (Lipinski definition) is 1. The van der Waals surface area contributed by atoms with E-state index in [9.17, 15) is 30.5 Å². The SMILES string of the molecule is Fc1ccc(OCCCC(F)(F)F)c([B-](F)(F)F)c1.[K+]. The largest absolute Gasteiger partial charge is 1.00 e. The molecule has 1 rings (SSSR count). The van der Waals surface area contributed by atoms with Crippen LogP contribution in [0.15, 0.2) is 18.2 Å². The summed E-state index contributed by atoms with van der Waals surface area (Å²) < 4.78 is 90.5. The molecule has 0 fully saturated rings. The van der Waals surface area contributed by atoms with Gasteiger partial charge < -0.3 is 17.7 Å². The summed E-state index contributed by atoms with van der Waals surface area (Å²) in [5.41, 5.74) is -1.29. The zero-order chi connectivity index (χ0) is 14.7. The molecule has 0 aliphatic carbocycles. The number of ether oxygens (including phenoxy) is 1. The third-order valence-electron chi connectivity index (χ3n) is 2.19. The van der Waals surface area contributed by atoms with E-state index in [4.69, 9.17) is 0 Å². The van der Waals surface area contributed by atoms with Crippen molar-refractivity contribution in [2.24, 2.45) is 0 Å². The van der Waals surface area contributed by atoms with Crippen molar-refractivity contribution in [3.63, 3.8) is 0 Å². The molecular weight excluding hydrogens is 319 g/mol. The Bertz CT molecular complexity index is 433. The zero-order valence-electron chi connectivity index (χ0n) is 10.5. The first-order valence-electron chi connectivity index (χ1n) is 5.28. The first-order valence-corrected chi connectivity index (χ1v) is 5.28. The summed E-state index contributed by atoms with van der Waals surface area (Å²) in [7, 11) is 0. The fourth-order valence-corrected chi connectivity index (χ4v) is 1.36. The van der Waals surface area contributed by atoms with Gasteiger partial charge >= 0.3 is 64.5 Å². The third kappa shape index (κ3) is 7.30. The average molecular weight is 328 g/mol. The van der Waals surface area contributed by atoms with Gasteiger partial charge in [0, 0.05) is 6.42 Å². The maximum Gasteiger partial charge on any atom is 1.00 e. The molecule has 0 aliphatic rings. The minimum Gasteiger partial charge on any atom is -0.497 e. The fraction of sp³-hybridized carbons (Fsp3) is 0.400. The molecule has 0 aliphatic heterocycles. The van der Waals surface area contributed by atoms with Gasteiger partial charge in [0.2, 0.25) is 0 Å². The third-order valence-corrected chi connectivity index (χ3v) is 2.19. The summed E-state index contributed by atoms with van der Waals surface area (Å²) in [5.74, 6) is -1.74. The predicted molar refractivity (Wildman–Crippen MR) is 55.9 cm³/mol. The Labute approximate surface area is 153 Å². The maximum absolute atomic E-state index is 12.7. The predicted octanol–water partition coefficient (Wildman–Crippen LogP) is 0.605. The second kappa shape index (κ2) is 8.02. The number of rotatable bonds is 5. The molecule has 10 heteroatoms. The topological polar surface area (TPSA) is 9.23 Å². The van der Waals surface area contributed by atoms with E-state index in [1.165, 1.54) is 0 Å². The fourth-order valence-electron chi connectivity index (χ4n) is 1.36. The Morgan fingerprint density at radius 2 is 1.70 bits per heavy atom. The standard InChI is InChI=1S/C10H9BF7O.K/c12-7-2-3-9(8(6-7)11(16,17)18)19-5-1-4-10(13,14)15;/h2-3,6H,1,4-5H2;/q-1;+1. The second-order valence-corrected chi connectivity index (χ2v) is 3.82. The van der Waals surface area contributed by atoms with Crippen LogP contribution in [0.25, 0.3) is 0 Å². The van der Waals surface area contributed by atoms with E-state index in [0.29, 0.717) is 0 Å². The molecular formula is C10H9BF7KO. The molecule has 0 aromatic heterocycles. The van der Waals surface area contributed by atoms with E-state index in [0.717, 1.165) is 12.1 Å². The van der Waals surface area contributed by atoms with Crippen molar-refractivity contribution < 1.29 is 86.6 Å². The minimum absolute atomic E-state index is 0. The van der Waals surface area contributed by atoms with Gasteiger partial charge in [0.1, 0.15) is 5.82 Å². The molecule has 20 heavy (non-hydrogen) atoms. The first kappa shape index (κ1) is 20.2. The van der Waals surface area contributed by atoms with E-state index >= 15 is 0 Å². The van der Waals surface area contributed by atoms with Crippen molar-refractivity contribution in [2.45, 2.75) is 19.0 Å². The average Bonchev–Trinajstić information content (AvgIpc) is 2.23. The van der Waals surface area contributed by atoms with Gasteiger partial charge in [-0.15, -0.1) is 0 Å². The molecule has 0 bridgehead atoms. The van der Waals surface area contributed by atoms with Gasteiger partial charge in [0.25, 0.3) is 0 Å². The van der Waals surface area contributed by atoms with Crippen LogP contribution in [0.2, 0.25) is 0 Å². The van der Waals surface area contributed by atoms with E-state index in [1.54, 1.807) is 0 Å². The first-order chi connectivity index (χ1) is 8.59. The van der Waals surface area contributed by atoms with Crippen molar-refractivity contribution in [3.05, 3.63) is 24.0 Å². The molecule has 0 saturated heterocycles. The van der Waals surface area contributed by atoms with Gasteiger partial charge in [-0.25, -0.2) is 4.39 Å². The van der Waals surface area contributed by atoms with Crippen LogP contribution in [-0.4, -0.2) is 19.8 Å². The molecule has 0 radical (unpaired) electrons. The molecule has 0 unspecified atom stereocenters. The van der Waals surface area contributed by atoms with Gasteiger partial charge in [-0.1, -0.05) is 5.46 Å². The van der Waals surface area contributed by atoms with Crippen LogP contribution < -0.4 is 61.6 Å². The number of benzene rings is 1. The summed E-state index contributed by atoms with van der Waals surface area (Å²) in [5, 5.41) is 0. The molecule has 1 aromatic carbocycles. The molecule has 0 heterocycles. The summed E-state index contributed by atoms with van der Waals surface area (Å²) in [6, 6.07) is 1.77. The van der Waals surface area contributed by atoms with Crippen molar-refractivity contribution >= 4 is 12.4 Å². The van der Waals surface area contributed by atoms with Crippen molar-refractivity contribution in [1.82, 2.24) is 0 Å². The van der Waals surface area contributed by atoms with Gasteiger partial charge in [-0.05, 0) is 24.6 Å². The van der Waals surface area contributed by atoms with Crippen molar-refractivity contribution in [2.75, 3.05) is 6.61 Å². The van der Waals surface area contributed by atoms with Crippen LogP contribution in [0.4, 0.5) is 30.5 Å². The molecule has 0 spiro atoms. The normalized spacial score (nSPS) is 11.9. The molecule has 0 amide bonds. The zero-order valence-corrected chi connectivity index (χ0v) is 13.6. The quantitative estimate of drug-likeness (QED) is 0.437. The number of alkyl halides is 3. The summed E-state index contributed by atoms with van der Waals surface area (Å²) in [4.78, 5) is 0. The molecule has 0 saturated carbocycles. The van der Waals surface area contributed by atoms with Gasteiger partial charge in [0.05, 0.1) is 12.4 Å². The van der Waals surface area contributed by atoms with E-state index in [2.05, 4.69) is 4.74 Å². The Balaban J connectivity index is 0.00000361. The van der Waals surface area contributed by atoms with Crippen molar-refractivity contribution in [1.29, 1.82) is 0 Å². The maximum atomic E-state index is 12.7. The summed E-state index contributed by atoms with van der Waals surface area (Å²) in [6.07, 6.45) is -6.01.